The van der Waals surface area contributed by atoms with Crippen LogP contribution in [0.4, 0.5) is 15.8 Å². The van der Waals surface area contributed by atoms with Gasteiger partial charge in [0.25, 0.3) is 0 Å². The average Bonchev–Trinajstić information content (AvgIpc) is 3.46. The van der Waals surface area contributed by atoms with Crippen molar-refractivity contribution in [1.82, 2.24) is 0 Å². The lowest BCUT2D eigenvalue weighted by Gasteiger charge is -2.17. The Balaban J connectivity index is 1.75. The highest BCUT2D eigenvalue weighted by molar-refractivity contribution is 6.17. The van der Waals surface area contributed by atoms with E-state index in [1.807, 2.05) is 0 Å². The summed E-state index contributed by atoms with van der Waals surface area (Å²) in [5.41, 5.74) is -0.713. The molecule has 1 fully saturated rings. The van der Waals surface area contributed by atoms with Crippen molar-refractivity contribution < 1.29 is 23.5 Å². The highest BCUT2D eigenvalue weighted by Gasteiger charge is 2.56. The fraction of sp³-hybridized carbons (Fsp3) is 0.263. The van der Waals surface area contributed by atoms with Gasteiger partial charge in [-0.05, 0) is 37.1 Å². The van der Waals surface area contributed by atoms with Crippen LogP contribution in [-0.2, 0) is 9.59 Å². The van der Waals surface area contributed by atoms with E-state index in [0.29, 0.717) is 30.0 Å². The summed E-state index contributed by atoms with van der Waals surface area (Å²) < 4.78 is 24.1. The van der Waals surface area contributed by atoms with Gasteiger partial charge >= 0.3 is 0 Å². The van der Waals surface area contributed by atoms with E-state index < -0.39 is 23.0 Å². The number of amides is 2. The van der Waals surface area contributed by atoms with E-state index in [2.05, 4.69) is 10.6 Å². The molecule has 2 aromatic carbocycles. The Labute approximate surface area is 150 Å². The lowest BCUT2D eigenvalue weighted by molar-refractivity contribution is -0.131. The second-order valence-corrected chi connectivity index (χ2v) is 6.04. The second kappa shape index (κ2) is 7.03. The number of halogens is 1. The fourth-order valence-corrected chi connectivity index (χ4v) is 2.63. The summed E-state index contributed by atoms with van der Waals surface area (Å²) >= 11 is 0. The zero-order valence-electron chi connectivity index (χ0n) is 14.5. The molecule has 2 N–H and O–H groups in total. The van der Waals surface area contributed by atoms with Gasteiger partial charge in [-0.25, -0.2) is 4.39 Å². The van der Waals surface area contributed by atoms with Gasteiger partial charge in [0, 0.05) is 6.07 Å². The molecule has 0 unspecified atom stereocenters. The zero-order valence-corrected chi connectivity index (χ0v) is 14.5. The van der Waals surface area contributed by atoms with E-state index in [9.17, 15) is 14.0 Å². The van der Waals surface area contributed by atoms with Gasteiger partial charge in [-0.2, -0.15) is 0 Å². The maximum atomic E-state index is 13.7. The van der Waals surface area contributed by atoms with Crippen LogP contribution < -0.4 is 20.1 Å². The second-order valence-electron chi connectivity index (χ2n) is 6.04. The highest BCUT2D eigenvalue weighted by atomic mass is 19.1. The molecular weight excluding hydrogens is 339 g/mol. The number of methoxy groups -OCH3 is 2. The van der Waals surface area contributed by atoms with Gasteiger partial charge < -0.3 is 20.1 Å². The first kappa shape index (κ1) is 17.7. The topological polar surface area (TPSA) is 76.7 Å². The van der Waals surface area contributed by atoms with E-state index in [4.69, 9.17) is 9.47 Å². The van der Waals surface area contributed by atoms with Crippen molar-refractivity contribution in [3.63, 3.8) is 0 Å². The lowest BCUT2D eigenvalue weighted by atomic mass is 10.0. The predicted octanol–water partition coefficient (Wildman–Crippen LogP) is 3.20. The van der Waals surface area contributed by atoms with Gasteiger partial charge in [0.05, 0.1) is 25.6 Å². The Morgan fingerprint density at radius 2 is 1.62 bits per heavy atom. The van der Waals surface area contributed by atoms with E-state index in [1.165, 1.54) is 32.4 Å². The molecule has 0 aliphatic heterocycles. The number of carbonyl (C=O) groups is 2. The van der Waals surface area contributed by atoms with Crippen LogP contribution in [0.15, 0.2) is 42.5 Å². The molecule has 2 aromatic rings. The van der Waals surface area contributed by atoms with Crippen molar-refractivity contribution >= 4 is 23.2 Å². The Kier molecular flexibility index (Phi) is 4.79. The quantitative estimate of drug-likeness (QED) is 0.778. The molecule has 2 amide bonds. The fourth-order valence-electron chi connectivity index (χ4n) is 2.63. The molecule has 136 valence electrons. The zero-order chi connectivity index (χ0) is 18.7. The highest BCUT2D eigenvalue weighted by Crippen LogP contribution is 2.48. The monoisotopic (exact) mass is 358 g/mol. The molecule has 1 aliphatic rings. The SMILES string of the molecule is COc1ccc(NC(=O)C2(C(=O)Nc3ccccc3F)CC2)c(OC)c1. The largest absolute Gasteiger partial charge is 0.497 e. The number of para-hydroxylation sites is 1. The molecular formula is C19H19FN2O4. The normalized spacial score (nSPS) is 14.3. The van der Waals surface area contributed by atoms with Crippen LogP contribution >= 0.6 is 0 Å². The minimum atomic E-state index is -1.20. The lowest BCUT2D eigenvalue weighted by Crippen LogP contribution is -2.36. The maximum Gasteiger partial charge on any atom is 0.240 e. The van der Waals surface area contributed by atoms with E-state index in [1.54, 1.807) is 24.3 Å². The van der Waals surface area contributed by atoms with Gasteiger partial charge in [0.1, 0.15) is 22.7 Å². The average molecular weight is 358 g/mol. The summed E-state index contributed by atoms with van der Waals surface area (Å²) in [6.45, 7) is 0. The maximum absolute atomic E-state index is 13.7. The Hall–Kier alpha value is -3.09. The first-order chi connectivity index (χ1) is 12.5. The van der Waals surface area contributed by atoms with Crippen LogP contribution in [0.1, 0.15) is 12.8 Å². The molecule has 0 atom stereocenters. The molecule has 0 aromatic heterocycles. The number of nitrogens with one attached hydrogen (secondary N) is 2. The van der Waals surface area contributed by atoms with Gasteiger partial charge in [-0.3, -0.25) is 9.59 Å². The van der Waals surface area contributed by atoms with Crippen LogP contribution in [0.2, 0.25) is 0 Å². The molecule has 1 aliphatic carbocycles. The van der Waals surface area contributed by atoms with Crippen LogP contribution in [0.5, 0.6) is 11.5 Å². The molecule has 1 saturated carbocycles. The van der Waals surface area contributed by atoms with Gasteiger partial charge in [0.15, 0.2) is 0 Å². The van der Waals surface area contributed by atoms with Crippen molar-refractivity contribution in [2.45, 2.75) is 12.8 Å². The number of ether oxygens (including phenoxy) is 2. The van der Waals surface area contributed by atoms with Gasteiger partial charge in [-0.15, -0.1) is 0 Å². The molecule has 0 radical (unpaired) electrons. The summed E-state index contributed by atoms with van der Waals surface area (Å²) in [6, 6.07) is 10.8. The molecule has 3 rings (SSSR count). The van der Waals surface area contributed by atoms with E-state index in [0.717, 1.165) is 0 Å². The van der Waals surface area contributed by atoms with E-state index in [-0.39, 0.29) is 5.69 Å². The van der Waals surface area contributed by atoms with Crippen LogP contribution in [0, 0.1) is 11.2 Å². The van der Waals surface area contributed by atoms with Crippen LogP contribution in [0.25, 0.3) is 0 Å². The van der Waals surface area contributed by atoms with E-state index >= 15 is 0 Å². The van der Waals surface area contributed by atoms with Crippen molar-refractivity contribution in [3.8, 4) is 11.5 Å². The number of rotatable bonds is 6. The number of anilines is 2. The van der Waals surface area contributed by atoms with Crippen molar-refractivity contribution in [1.29, 1.82) is 0 Å². The summed E-state index contributed by atoms with van der Waals surface area (Å²) in [5, 5.41) is 5.22. The van der Waals surface area contributed by atoms with Crippen LogP contribution in [-0.4, -0.2) is 26.0 Å². The Bertz CT molecular complexity index is 849. The van der Waals surface area contributed by atoms with Crippen molar-refractivity contribution in [2.75, 3.05) is 24.9 Å². The number of hydrogen-bond acceptors (Lipinski definition) is 4. The van der Waals surface area contributed by atoms with Crippen molar-refractivity contribution in [2.24, 2.45) is 5.41 Å². The minimum absolute atomic E-state index is 0.0543. The first-order valence-electron chi connectivity index (χ1n) is 8.09. The summed E-state index contributed by atoms with van der Waals surface area (Å²) in [7, 11) is 3.00. The van der Waals surface area contributed by atoms with Crippen molar-refractivity contribution in [3.05, 3.63) is 48.3 Å². The Morgan fingerprint density at radius 1 is 0.962 bits per heavy atom. The third-order valence-corrected chi connectivity index (χ3v) is 4.40. The van der Waals surface area contributed by atoms with Gasteiger partial charge in [0.2, 0.25) is 11.8 Å². The molecule has 7 heteroatoms. The molecule has 6 nitrogen and oxygen atoms in total. The third kappa shape index (κ3) is 3.33. The van der Waals surface area contributed by atoms with Gasteiger partial charge in [-0.1, -0.05) is 12.1 Å². The molecule has 0 heterocycles. The molecule has 26 heavy (non-hydrogen) atoms. The summed E-state index contributed by atoms with van der Waals surface area (Å²) in [6.07, 6.45) is 0.801. The molecule has 0 bridgehead atoms. The first-order valence-corrected chi connectivity index (χ1v) is 8.09. The standard InChI is InChI=1S/C19H19FN2O4/c1-25-12-7-8-15(16(11-12)26-2)22-18(24)19(9-10-19)17(23)21-14-6-4-3-5-13(14)20/h3-8,11H,9-10H2,1-2H3,(H,21,23)(H,22,24). The Morgan fingerprint density at radius 3 is 2.19 bits per heavy atom. The molecule has 0 spiro atoms. The number of hydrogen-bond donors (Lipinski definition) is 2. The predicted molar refractivity (Wildman–Crippen MR) is 94.9 cm³/mol. The number of benzene rings is 2. The minimum Gasteiger partial charge on any atom is -0.497 e. The summed E-state index contributed by atoms with van der Waals surface area (Å²) in [5.74, 6) is -0.516. The number of carbonyl (C=O) groups excluding carboxylic acids is 2. The third-order valence-electron chi connectivity index (χ3n) is 4.40. The summed E-state index contributed by atoms with van der Waals surface area (Å²) in [4.78, 5) is 25.2. The molecule has 0 saturated heterocycles. The smallest absolute Gasteiger partial charge is 0.240 e. The van der Waals surface area contributed by atoms with Crippen LogP contribution in [0.3, 0.4) is 0 Å².